The number of benzene rings is 1. The third-order valence-electron chi connectivity index (χ3n) is 3.26. The van der Waals surface area contributed by atoms with Crippen LogP contribution in [0, 0.1) is 0 Å². The quantitative estimate of drug-likeness (QED) is 0.568. The van der Waals surface area contributed by atoms with E-state index in [-0.39, 0.29) is 6.04 Å². The molecule has 6 heteroatoms. The number of aromatic nitrogens is 2. The topological polar surface area (TPSA) is 69.0 Å². The Morgan fingerprint density at radius 3 is 3.00 bits per heavy atom. The smallest absolute Gasteiger partial charge is 0.148 e. The van der Waals surface area contributed by atoms with Crippen LogP contribution in [0.5, 0.6) is 0 Å². The zero-order valence-electron chi connectivity index (χ0n) is 11.0. The largest absolute Gasteiger partial charge is 0.458 e. The van der Waals surface area contributed by atoms with Gasteiger partial charge in [0.15, 0.2) is 0 Å². The molecular weight excluding hydrogens is 320 g/mol. The molecule has 0 fully saturated rings. The molecule has 0 bridgehead atoms. The number of fused-ring (bicyclic) bond motifs is 1. The maximum Gasteiger partial charge on any atom is 0.148 e. The standard InChI is InChI=1S/C14H15BrN4O/c1-19-8-9(7-17-19)5-12(18-16)13-6-10-3-2-4-11(15)14(10)20-13/h2-4,6-8,12,18H,5,16H2,1H3. The molecule has 0 radical (unpaired) electrons. The summed E-state index contributed by atoms with van der Waals surface area (Å²) >= 11 is 3.49. The lowest BCUT2D eigenvalue weighted by atomic mass is 10.1. The molecule has 2 aromatic heterocycles. The van der Waals surface area contributed by atoms with E-state index in [2.05, 4.69) is 26.5 Å². The van der Waals surface area contributed by atoms with Gasteiger partial charge in [0.25, 0.3) is 0 Å². The van der Waals surface area contributed by atoms with Crippen molar-refractivity contribution < 1.29 is 4.42 Å². The summed E-state index contributed by atoms with van der Waals surface area (Å²) in [5.74, 6) is 6.49. The van der Waals surface area contributed by atoms with E-state index in [0.717, 1.165) is 33.2 Å². The number of hydrogen-bond acceptors (Lipinski definition) is 4. The summed E-state index contributed by atoms with van der Waals surface area (Å²) in [7, 11) is 1.90. The molecule has 2 heterocycles. The zero-order chi connectivity index (χ0) is 14.1. The molecule has 0 aliphatic carbocycles. The minimum Gasteiger partial charge on any atom is -0.458 e. The van der Waals surface area contributed by atoms with Gasteiger partial charge in [-0.3, -0.25) is 10.5 Å². The Labute approximate surface area is 124 Å². The van der Waals surface area contributed by atoms with Crippen LogP contribution in [-0.4, -0.2) is 9.78 Å². The Morgan fingerprint density at radius 1 is 1.50 bits per heavy atom. The Hall–Kier alpha value is -1.63. The average molecular weight is 335 g/mol. The number of nitrogens with two attached hydrogens (primary N) is 1. The molecule has 1 atom stereocenters. The van der Waals surface area contributed by atoms with Gasteiger partial charge >= 0.3 is 0 Å². The van der Waals surface area contributed by atoms with Gasteiger partial charge < -0.3 is 4.42 Å². The van der Waals surface area contributed by atoms with Gasteiger partial charge in [-0.25, -0.2) is 5.43 Å². The minimum absolute atomic E-state index is 0.0847. The Kier molecular flexibility index (Phi) is 3.60. The van der Waals surface area contributed by atoms with E-state index >= 15 is 0 Å². The normalized spacial score (nSPS) is 12.9. The lowest BCUT2D eigenvalue weighted by molar-refractivity contribution is 0.434. The number of aryl methyl sites for hydroxylation is 1. The second-order valence-corrected chi connectivity index (χ2v) is 5.61. The molecule has 0 aliphatic rings. The number of hydrazine groups is 1. The third kappa shape index (κ3) is 2.49. The molecule has 3 rings (SSSR count). The number of rotatable bonds is 4. The van der Waals surface area contributed by atoms with E-state index in [1.807, 2.05) is 43.7 Å². The first-order valence-electron chi connectivity index (χ1n) is 6.29. The average Bonchev–Trinajstić information content (AvgIpc) is 3.03. The van der Waals surface area contributed by atoms with Crippen molar-refractivity contribution in [1.82, 2.24) is 15.2 Å². The van der Waals surface area contributed by atoms with Gasteiger partial charge in [-0.2, -0.15) is 5.10 Å². The monoisotopic (exact) mass is 334 g/mol. The molecule has 1 unspecified atom stereocenters. The van der Waals surface area contributed by atoms with Gasteiger partial charge in [-0.05, 0) is 40.0 Å². The minimum atomic E-state index is -0.0847. The van der Waals surface area contributed by atoms with Crippen molar-refractivity contribution in [2.24, 2.45) is 12.9 Å². The molecule has 3 aromatic rings. The van der Waals surface area contributed by atoms with Crippen LogP contribution in [-0.2, 0) is 13.5 Å². The first kappa shape index (κ1) is 13.4. The zero-order valence-corrected chi connectivity index (χ0v) is 12.6. The van der Waals surface area contributed by atoms with Crippen LogP contribution in [0.2, 0.25) is 0 Å². The highest BCUT2D eigenvalue weighted by atomic mass is 79.9. The fourth-order valence-corrected chi connectivity index (χ4v) is 2.74. The van der Waals surface area contributed by atoms with Crippen LogP contribution in [0.1, 0.15) is 17.4 Å². The van der Waals surface area contributed by atoms with E-state index < -0.39 is 0 Å². The lowest BCUT2D eigenvalue weighted by Gasteiger charge is -2.11. The second kappa shape index (κ2) is 5.40. The lowest BCUT2D eigenvalue weighted by Crippen LogP contribution is -2.29. The van der Waals surface area contributed by atoms with E-state index in [9.17, 15) is 0 Å². The fourth-order valence-electron chi connectivity index (χ4n) is 2.27. The molecule has 0 aliphatic heterocycles. The molecule has 104 valence electrons. The summed E-state index contributed by atoms with van der Waals surface area (Å²) in [6.07, 6.45) is 4.54. The van der Waals surface area contributed by atoms with Gasteiger partial charge in [0.2, 0.25) is 0 Å². The predicted molar refractivity (Wildman–Crippen MR) is 80.9 cm³/mol. The van der Waals surface area contributed by atoms with Crippen LogP contribution >= 0.6 is 15.9 Å². The molecule has 1 aromatic carbocycles. The van der Waals surface area contributed by atoms with Crippen molar-refractivity contribution in [3.63, 3.8) is 0 Å². The summed E-state index contributed by atoms with van der Waals surface area (Å²) in [6, 6.07) is 7.89. The first-order chi connectivity index (χ1) is 9.67. The van der Waals surface area contributed by atoms with Gasteiger partial charge in [0.05, 0.1) is 16.7 Å². The SMILES string of the molecule is Cn1cc(CC(NN)c2cc3cccc(Br)c3o2)cn1. The number of para-hydroxylation sites is 1. The summed E-state index contributed by atoms with van der Waals surface area (Å²) in [6.45, 7) is 0. The van der Waals surface area contributed by atoms with Crippen LogP contribution in [0.4, 0.5) is 0 Å². The Balaban J connectivity index is 1.92. The van der Waals surface area contributed by atoms with Crippen molar-refractivity contribution in [2.45, 2.75) is 12.5 Å². The van der Waals surface area contributed by atoms with Crippen molar-refractivity contribution in [2.75, 3.05) is 0 Å². The summed E-state index contributed by atoms with van der Waals surface area (Å²) < 4.78 is 8.63. The van der Waals surface area contributed by atoms with Crippen LogP contribution in [0.15, 0.2) is 45.5 Å². The highest BCUT2D eigenvalue weighted by molar-refractivity contribution is 9.10. The number of halogens is 1. The van der Waals surface area contributed by atoms with Gasteiger partial charge in [0, 0.05) is 18.6 Å². The third-order valence-corrected chi connectivity index (χ3v) is 3.88. The Bertz CT molecular complexity index is 734. The highest BCUT2D eigenvalue weighted by Gasteiger charge is 2.17. The number of furan rings is 1. The van der Waals surface area contributed by atoms with Crippen molar-refractivity contribution in [3.05, 3.63) is 52.5 Å². The maximum absolute atomic E-state index is 5.91. The van der Waals surface area contributed by atoms with Crippen molar-refractivity contribution in [1.29, 1.82) is 0 Å². The van der Waals surface area contributed by atoms with E-state index in [1.54, 1.807) is 4.68 Å². The predicted octanol–water partition coefficient (Wildman–Crippen LogP) is 2.68. The summed E-state index contributed by atoms with van der Waals surface area (Å²) in [5, 5.41) is 5.22. The van der Waals surface area contributed by atoms with Crippen LogP contribution in [0.25, 0.3) is 11.0 Å². The first-order valence-corrected chi connectivity index (χ1v) is 7.08. The molecular formula is C14H15BrN4O. The highest BCUT2D eigenvalue weighted by Crippen LogP contribution is 2.30. The molecule has 5 nitrogen and oxygen atoms in total. The van der Waals surface area contributed by atoms with E-state index in [1.165, 1.54) is 0 Å². The second-order valence-electron chi connectivity index (χ2n) is 4.75. The summed E-state index contributed by atoms with van der Waals surface area (Å²) in [4.78, 5) is 0. The Morgan fingerprint density at radius 2 is 2.35 bits per heavy atom. The fraction of sp³-hybridized carbons (Fsp3) is 0.214. The van der Waals surface area contributed by atoms with Crippen LogP contribution in [0.3, 0.4) is 0 Å². The van der Waals surface area contributed by atoms with E-state index in [0.29, 0.717) is 0 Å². The molecule has 0 saturated carbocycles. The molecule has 20 heavy (non-hydrogen) atoms. The van der Waals surface area contributed by atoms with Crippen molar-refractivity contribution in [3.8, 4) is 0 Å². The summed E-state index contributed by atoms with van der Waals surface area (Å²) in [5.41, 5.74) is 4.76. The van der Waals surface area contributed by atoms with Gasteiger partial charge in [-0.1, -0.05) is 12.1 Å². The molecule has 0 saturated heterocycles. The molecule has 0 spiro atoms. The van der Waals surface area contributed by atoms with Crippen molar-refractivity contribution >= 4 is 26.9 Å². The molecule has 3 N–H and O–H groups in total. The number of nitrogens with one attached hydrogen (secondary N) is 1. The number of hydrogen-bond donors (Lipinski definition) is 2. The molecule has 0 amide bonds. The van der Waals surface area contributed by atoms with Crippen LogP contribution < -0.4 is 11.3 Å². The van der Waals surface area contributed by atoms with Gasteiger partial charge in [-0.15, -0.1) is 0 Å². The van der Waals surface area contributed by atoms with E-state index in [4.69, 9.17) is 10.3 Å². The number of nitrogens with zero attached hydrogens (tertiary/aromatic N) is 2. The maximum atomic E-state index is 5.91. The van der Waals surface area contributed by atoms with Gasteiger partial charge in [0.1, 0.15) is 11.3 Å².